The minimum absolute atomic E-state index is 0.553. The van der Waals surface area contributed by atoms with Crippen LogP contribution in [0.4, 0.5) is 0 Å². The van der Waals surface area contributed by atoms with E-state index in [-0.39, 0.29) is 0 Å². The predicted octanol–water partition coefficient (Wildman–Crippen LogP) is 0.856. The number of rotatable bonds is 1. The van der Waals surface area contributed by atoms with Crippen LogP contribution >= 0.6 is 0 Å². The lowest BCUT2D eigenvalue weighted by molar-refractivity contribution is 0.238. The van der Waals surface area contributed by atoms with Gasteiger partial charge in [-0.05, 0) is 19.3 Å². The van der Waals surface area contributed by atoms with Crippen LogP contribution in [-0.4, -0.2) is 29.6 Å². The quantitative estimate of drug-likeness (QED) is 0.649. The number of nitrogens with two attached hydrogens (primary N) is 1. The van der Waals surface area contributed by atoms with Crippen LogP contribution in [0.3, 0.4) is 0 Å². The van der Waals surface area contributed by atoms with E-state index >= 15 is 0 Å². The van der Waals surface area contributed by atoms with Gasteiger partial charge in [-0.3, -0.25) is 4.90 Å². The molecule has 0 spiro atoms. The molecule has 1 saturated heterocycles. The summed E-state index contributed by atoms with van der Waals surface area (Å²) >= 11 is 0. The van der Waals surface area contributed by atoms with Crippen molar-refractivity contribution in [3.8, 4) is 6.07 Å². The molecule has 13 heavy (non-hydrogen) atoms. The van der Waals surface area contributed by atoms with E-state index in [2.05, 4.69) is 11.0 Å². The Hall–Kier alpha value is -0.590. The molecule has 3 heteroatoms. The molecule has 0 aromatic rings. The Morgan fingerprint density at radius 1 is 1.38 bits per heavy atom. The standard InChI is InChI=1S/C10H17N3/c11-7-10(12)5-6-13(8-10)9-3-1-2-4-9/h9H,1-6,8,12H2. The second kappa shape index (κ2) is 3.28. The molecular formula is C10H17N3. The van der Waals surface area contributed by atoms with E-state index in [1.165, 1.54) is 25.7 Å². The molecule has 1 heterocycles. The largest absolute Gasteiger partial charge is 0.312 e. The van der Waals surface area contributed by atoms with Gasteiger partial charge in [-0.1, -0.05) is 12.8 Å². The smallest absolute Gasteiger partial charge is 0.118 e. The van der Waals surface area contributed by atoms with E-state index in [1.54, 1.807) is 0 Å². The Labute approximate surface area is 79.5 Å². The van der Waals surface area contributed by atoms with Crippen molar-refractivity contribution in [2.24, 2.45) is 5.73 Å². The van der Waals surface area contributed by atoms with Crippen LogP contribution in [0.2, 0.25) is 0 Å². The first-order valence-corrected chi connectivity index (χ1v) is 5.18. The van der Waals surface area contributed by atoms with Crippen molar-refractivity contribution >= 4 is 0 Å². The molecule has 2 aliphatic rings. The molecule has 0 aromatic carbocycles. The molecule has 2 N–H and O–H groups in total. The maximum atomic E-state index is 8.88. The van der Waals surface area contributed by atoms with Gasteiger partial charge in [0.25, 0.3) is 0 Å². The van der Waals surface area contributed by atoms with E-state index in [0.717, 1.165) is 25.6 Å². The van der Waals surface area contributed by atoms with Crippen molar-refractivity contribution in [3.63, 3.8) is 0 Å². The molecule has 0 bridgehead atoms. The normalized spacial score (nSPS) is 36.6. The summed E-state index contributed by atoms with van der Waals surface area (Å²) in [7, 11) is 0. The molecule has 2 fully saturated rings. The Morgan fingerprint density at radius 3 is 2.62 bits per heavy atom. The molecular weight excluding hydrogens is 162 g/mol. The highest BCUT2D eigenvalue weighted by atomic mass is 15.2. The van der Waals surface area contributed by atoms with Gasteiger partial charge in [-0.2, -0.15) is 5.26 Å². The lowest BCUT2D eigenvalue weighted by Crippen LogP contribution is -2.42. The summed E-state index contributed by atoms with van der Waals surface area (Å²) in [5, 5.41) is 8.88. The van der Waals surface area contributed by atoms with Gasteiger partial charge in [-0.25, -0.2) is 0 Å². The highest BCUT2D eigenvalue weighted by Crippen LogP contribution is 2.28. The molecule has 1 aliphatic heterocycles. The zero-order valence-electron chi connectivity index (χ0n) is 8.00. The lowest BCUT2D eigenvalue weighted by Gasteiger charge is -2.24. The molecule has 3 nitrogen and oxygen atoms in total. The van der Waals surface area contributed by atoms with E-state index in [0.29, 0.717) is 0 Å². The highest BCUT2D eigenvalue weighted by molar-refractivity contribution is 5.11. The Bertz CT molecular complexity index is 227. The van der Waals surface area contributed by atoms with Crippen molar-refractivity contribution in [2.75, 3.05) is 13.1 Å². The number of nitrogens with zero attached hydrogens (tertiary/aromatic N) is 2. The fourth-order valence-corrected chi connectivity index (χ4v) is 2.54. The lowest BCUT2D eigenvalue weighted by atomic mass is 10.0. The topological polar surface area (TPSA) is 53.1 Å². The first kappa shape index (κ1) is 8.98. The third kappa shape index (κ3) is 1.70. The molecule has 0 radical (unpaired) electrons. The monoisotopic (exact) mass is 179 g/mol. The van der Waals surface area contributed by atoms with Crippen molar-refractivity contribution in [2.45, 2.75) is 43.7 Å². The van der Waals surface area contributed by atoms with Crippen molar-refractivity contribution in [3.05, 3.63) is 0 Å². The minimum Gasteiger partial charge on any atom is -0.312 e. The number of hydrogen-bond donors (Lipinski definition) is 1. The van der Waals surface area contributed by atoms with Gasteiger partial charge < -0.3 is 5.73 Å². The summed E-state index contributed by atoms with van der Waals surface area (Å²) in [6.45, 7) is 1.81. The molecule has 2 rings (SSSR count). The van der Waals surface area contributed by atoms with E-state index in [9.17, 15) is 0 Å². The zero-order valence-corrected chi connectivity index (χ0v) is 8.00. The summed E-state index contributed by atoms with van der Waals surface area (Å²) in [6, 6.07) is 2.95. The van der Waals surface area contributed by atoms with Crippen LogP contribution in [0.1, 0.15) is 32.1 Å². The number of nitriles is 1. The summed E-state index contributed by atoms with van der Waals surface area (Å²) in [6.07, 6.45) is 6.17. The third-order valence-electron chi connectivity index (χ3n) is 3.39. The molecule has 1 aliphatic carbocycles. The molecule has 0 aromatic heterocycles. The van der Waals surface area contributed by atoms with E-state index < -0.39 is 5.54 Å². The summed E-state index contributed by atoms with van der Waals surface area (Å²) in [5.41, 5.74) is 5.36. The second-order valence-electron chi connectivity index (χ2n) is 4.43. The molecule has 1 unspecified atom stereocenters. The zero-order chi connectivity index (χ0) is 9.31. The van der Waals surface area contributed by atoms with Gasteiger partial charge in [0.1, 0.15) is 5.54 Å². The van der Waals surface area contributed by atoms with Crippen LogP contribution < -0.4 is 5.73 Å². The van der Waals surface area contributed by atoms with Gasteiger partial charge >= 0.3 is 0 Å². The van der Waals surface area contributed by atoms with Crippen LogP contribution in [0, 0.1) is 11.3 Å². The van der Waals surface area contributed by atoms with Crippen LogP contribution in [-0.2, 0) is 0 Å². The Balaban J connectivity index is 1.94. The fraction of sp³-hybridized carbons (Fsp3) is 0.900. The maximum Gasteiger partial charge on any atom is 0.118 e. The highest BCUT2D eigenvalue weighted by Gasteiger charge is 2.38. The Kier molecular flexibility index (Phi) is 2.27. The van der Waals surface area contributed by atoms with Gasteiger partial charge in [0.2, 0.25) is 0 Å². The first-order chi connectivity index (χ1) is 6.23. The summed E-state index contributed by atoms with van der Waals surface area (Å²) in [4.78, 5) is 2.41. The van der Waals surface area contributed by atoms with Crippen molar-refractivity contribution < 1.29 is 0 Å². The third-order valence-corrected chi connectivity index (χ3v) is 3.39. The summed E-state index contributed by atoms with van der Waals surface area (Å²) < 4.78 is 0. The average Bonchev–Trinajstić information content (AvgIpc) is 2.73. The van der Waals surface area contributed by atoms with Gasteiger partial charge in [-0.15, -0.1) is 0 Å². The average molecular weight is 179 g/mol. The Morgan fingerprint density at radius 2 is 2.08 bits per heavy atom. The molecule has 72 valence electrons. The second-order valence-corrected chi connectivity index (χ2v) is 4.43. The fourth-order valence-electron chi connectivity index (χ4n) is 2.54. The number of hydrogen-bond acceptors (Lipinski definition) is 3. The predicted molar refractivity (Wildman–Crippen MR) is 51.0 cm³/mol. The van der Waals surface area contributed by atoms with E-state index in [4.69, 9.17) is 11.0 Å². The molecule has 1 saturated carbocycles. The SMILES string of the molecule is N#CC1(N)CCN(C2CCCC2)C1. The van der Waals surface area contributed by atoms with Crippen molar-refractivity contribution in [1.82, 2.24) is 4.90 Å². The first-order valence-electron chi connectivity index (χ1n) is 5.18. The van der Waals surface area contributed by atoms with Gasteiger partial charge in [0, 0.05) is 19.1 Å². The summed E-state index contributed by atoms with van der Waals surface area (Å²) in [5.74, 6) is 0. The van der Waals surface area contributed by atoms with Crippen LogP contribution in [0.5, 0.6) is 0 Å². The van der Waals surface area contributed by atoms with Gasteiger partial charge in [0.05, 0.1) is 6.07 Å². The van der Waals surface area contributed by atoms with Crippen LogP contribution in [0.25, 0.3) is 0 Å². The molecule has 0 amide bonds. The van der Waals surface area contributed by atoms with Gasteiger partial charge in [0.15, 0.2) is 0 Å². The minimum atomic E-state index is -0.553. The van der Waals surface area contributed by atoms with Crippen LogP contribution in [0.15, 0.2) is 0 Å². The number of likely N-dealkylation sites (tertiary alicyclic amines) is 1. The maximum absolute atomic E-state index is 8.88. The molecule has 1 atom stereocenters. The van der Waals surface area contributed by atoms with E-state index in [1.807, 2.05) is 0 Å². The van der Waals surface area contributed by atoms with Crippen molar-refractivity contribution in [1.29, 1.82) is 5.26 Å².